The number of hydrogen-bond donors (Lipinski definition) is 1. The maximum Gasteiger partial charge on any atom is 0.263 e. The number of para-hydroxylation sites is 2. The quantitative estimate of drug-likeness (QED) is 0.487. The average molecular weight is 436 g/mol. The smallest absolute Gasteiger partial charge is 0.263 e. The molecule has 0 spiro atoms. The molecule has 1 amide bonds. The van der Waals surface area contributed by atoms with Gasteiger partial charge in [0.15, 0.2) is 0 Å². The zero-order valence-corrected chi connectivity index (χ0v) is 18.1. The Bertz CT molecular complexity index is 1290. The average Bonchev–Trinajstić information content (AvgIpc) is 3.24. The number of amides is 1. The molecule has 0 radical (unpaired) electrons. The molecule has 7 nitrogen and oxygen atoms in total. The van der Waals surface area contributed by atoms with Crippen LogP contribution in [0.2, 0.25) is 0 Å². The molecule has 31 heavy (non-hydrogen) atoms. The van der Waals surface area contributed by atoms with E-state index in [1.165, 1.54) is 29.3 Å². The van der Waals surface area contributed by atoms with Crippen LogP contribution in [-0.2, 0) is 4.79 Å². The first-order valence-electron chi connectivity index (χ1n) is 9.60. The summed E-state index contributed by atoms with van der Waals surface area (Å²) >= 11 is 1.40. The van der Waals surface area contributed by atoms with Crippen LogP contribution >= 0.6 is 11.3 Å². The molecule has 0 aliphatic rings. The normalized spacial score (nSPS) is 11.8. The third-order valence-corrected chi connectivity index (χ3v) is 5.97. The van der Waals surface area contributed by atoms with Crippen molar-refractivity contribution < 1.29 is 14.3 Å². The van der Waals surface area contributed by atoms with E-state index in [-0.39, 0.29) is 11.5 Å². The molecule has 4 aromatic rings. The van der Waals surface area contributed by atoms with Gasteiger partial charge in [-0.3, -0.25) is 14.2 Å². The highest BCUT2D eigenvalue weighted by Gasteiger charge is 2.21. The highest BCUT2D eigenvalue weighted by Crippen LogP contribution is 2.32. The SMILES string of the molecule is COc1ccc(-c2csc3ncn(C(C)C(=O)Nc4ccccc4OC)c(=O)c23)cc1. The van der Waals surface area contributed by atoms with Crippen LogP contribution in [0.4, 0.5) is 5.69 Å². The molecule has 0 saturated heterocycles. The first-order chi connectivity index (χ1) is 15.0. The largest absolute Gasteiger partial charge is 0.497 e. The predicted octanol–water partition coefficient (Wildman–Crippen LogP) is 4.34. The van der Waals surface area contributed by atoms with E-state index in [1.54, 1.807) is 32.2 Å². The number of ether oxygens (including phenoxy) is 2. The number of carbonyl (C=O) groups is 1. The fourth-order valence-electron chi connectivity index (χ4n) is 3.32. The van der Waals surface area contributed by atoms with Crippen LogP contribution in [-0.4, -0.2) is 29.7 Å². The molecule has 0 fully saturated rings. The molecule has 1 unspecified atom stereocenters. The molecule has 8 heteroatoms. The van der Waals surface area contributed by atoms with E-state index in [1.807, 2.05) is 35.7 Å². The Balaban J connectivity index is 1.70. The molecule has 0 aliphatic heterocycles. The van der Waals surface area contributed by atoms with Gasteiger partial charge in [0.05, 0.1) is 31.6 Å². The number of hydrogen-bond acceptors (Lipinski definition) is 6. The van der Waals surface area contributed by atoms with Crippen LogP contribution in [0.5, 0.6) is 11.5 Å². The van der Waals surface area contributed by atoms with Gasteiger partial charge in [0.2, 0.25) is 5.91 Å². The van der Waals surface area contributed by atoms with Gasteiger partial charge in [0.25, 0.3) is 5.56 Å². The van der Waals surface area contributed by atoms with E-state index in [4.69, 9.17) is 9.47 Å². The molecule has 1 atom stereocenters. The Morgan fingerprint density at radius 2 is 1.84 bits per heavy atom. The summed E-state index contributed by atoms with van der Waals surface area (Å²) < 4.78 is 11.8. The number of anilines is 1. The highest BCUT2D eigenvalue weighted by atomic mass is 32.1. The van der Waals surface area contributed by atoms with Crippen LogP contribution < -0.4 is 20.3 Å². The van der Waals surface area contributed by atoms with Crippen molar-refractivity contribution in [1.29, 1.82) is 0 Å². The van der Waals surface area contributed by atoms with Gasteiger partial charge in [-0.2, -0.15) is 0 Å². The number of fused-ring (bicyclic) bond motifs is 1. The van der Waals surface area contributed by atoms with E-state index >= 15 is 0 Å². The minimum atomic E-state index is -0.766. The van der Waals surface area contributed by atoms with Crippen molar-refractivity contribution in [1.82, 2.24) is 9.55 Å². The Labute approximate surface area is 182 Å². The standard InChI is InChI=1S/C23H21N3O4S/c1-14(21(27)25-18-6-4-5-7-19(18)30-3)26-13-24-22-20(23(26)28)17(12-31-22)15-8-10-16(29-2)11-9-15/h4-14H,1-3H3,(H,25,27). The van der Waals surface area contributed by atoms with Crippen molar-refractivity contribution in [2.45, 2.75) is 13.0 Å². The van der Waals surface area contributed by atoms with E-state index < -0.39 is 6.04 Å². The minimum absolute atomic E-state index is 0.264. The molecule has 2 aromatic heterocycles. The van der Waals surface area contributed by atoms with E-state index in [9.17, 15) is 9.59 Å². The van der Waals surface area contributed by atoms with Gasteiger partial charge in [-0.05, 0) is 36.8 Å². The van der Waals surface area contributed by atoms with Crippen molar-refractivity contribution in [3.8, 4) is 22.6 Å². The summed E-state index contributed by atoms with van der Waals surface area (Å²) in [7, 11) is 3.14. The van der Waals surface area contributed by atoms with Crippen LogP contribution in [0.15, 0.2) is 65.0 Å². The lowest BCUT2D eigenvalue weighted by Crippen LogP contribution is -2.31. The van der Waals surface area contributed by atoms with Gasteiger partial charge in [-0.1, -0.05) is 24.3 Å². The number of nitrogens with one attached hydrogen (secondary N) is 1. The fourth-order valence-corrected chi connectivity index (χ4v) is 4.22. The molecule has 2 aromatic carbocycles. The Hall–Kier alpha value is -3.65. The van der Waals surface area contributed by atoms with Gasteiger partial charge in [-0.25, -0.2) is 4.98 Å². The number of aromatic nitrogens is 2. The lowest BCUT2D eigenvalue weighted by molar-refractivity contribution is -0.118. The number of thiophene rings is 1. The zero-order valence-electron chi connectivity index (χ0n) is 17.3. The first-order valence-corrected chi connectivity index (χ1v) is 10.5. The number of methoxy groups -OCH3 is 2. The zero-order chi connectivity index (χ0) is 22.0. The van der Waals surface area contributed by atoms with Gasteiger partial charge in [-0.15, -0.1) is 11.3 Å². The van der Waals surface area contributed by atoms with E-state index in [2.05, 4.69) is 10.3 Å². The highest BCUT2D eigenvalue weighted by molar-refractivity contribution is 7.17. The summed E-state index contributed by atoms with van der Waals surface area (Å²) in [6.45, 7) is 1.67. The van der Waals surface area contributed by atoms with Crippen molar-refractivity contribution >= 4 is 33.1 Å². The Morgan fingerprint density at radius 1 is 1.10 bits per heavy atom. The maximum absolute atomic E-state index is 13.3. The first kappa shape index (κ1) is 20.6. The summed E-state index contributed by atoms with van der Waals surface area (Å²) in [5.74, 6) is 0.943. The van der Waals surface area contributed by atoms with Gasteiger partial charge in [0, 0.05) is 10.9 Å². The van der Waals surface area contributed by atoms with Crippen LogP contribution in [0, 0.1) is 0 Å². The fraction of sp³-hybridized carbons (Fsp3) is 0.174. The van der Waals surface area contributed by atoms with Crippen LogP contribution in [0.1, 0.15) is 13.0 Å². The third kappa shape index (κ3) is 3.89. The topological polar surface area (TPSA) is 82.5 Å². The lowest BCUT2D eigenvalue weighted by atomic mass is 10.1. The summed E-state index contributed by atoms with van der Waals surface area (Å²) in [4.78, 5) is 31.2. The van der Waals surface area contributed by atoms with E-state index in [0.29, 0.717) is 21.7 Å². The lowest BCUT2D eigenvalue weighted by Gasteiger charge is -2.16. The molecule has 0 aliphatic carbocycles. The van der Waals surface area contributed by atoms with Crippen molar-refractivity contribution in [2.75, 3.05) is 19.5 Å². The molecular formula is C23H21N3O4S. The summed E-state index contributed by atoms with van der Waals surface area (Å²) in [5.41, 5.74) is 1.94. The second-order valence-electron chi connectivity index (χ2n) is 6.88. The molecular weight excluding hydrogens is 414 g/mol. The second-order valence-corrected chi connectivity index (χ2v) is 7.74. The molecule has 1 N–H and O–H groups in total. The third-order valence-electron chi connectivity index (χ3n) is 5.08. The molecule has 0 saturated carbocycles. The predicted molar refractivity (Wildman–Crippen MR) is 122 cm³/mol. The minimum Gasteiger partial charge on any atom is -0.497 e. The van der Waals surface area contributed by atoms with Crippen LogP contribution in [0.25, 0.3) is 21.3 Å². The van der Waals surface area contributed by atoms with Gasteiger partial charge in [0.1, 0.15) is 22.4 Å². The van der Waals surface area contributed by atoms with Crippen molar-refractivity contribution in [3.63, 3.8) is 0 Å². The van der Waals surface area contributed by atoms with E-state index in [0.717, 1.165) is 16.9 Å². The molecule has 4 rings (SSSR count). The Kier molecular flexibility index (Phi) is 5.73. The molecule has 158 valence electrons. The summed E-state index contributed by atoms with van der Waals surface area (Å²) in [6, 6.07) is 13.8. The molecule has 2 heterocycles. The Morgan fingerprint density at radius 3 is 2.55 bits per heavy atom. The van der Waals surface area contributed by atoms with Gasteiger partial charge < -0.3 is 14.8 Å². The monoisotopic (exact) mass is 435 g/mol. The number of nitrogens with zero attached hydrogens (tertiary/aromatic N) is 2. The van der Waals surface area contributed by atoms with Crippen LogP contribution in [0.3, 0.4) is 0 Å². The second kappa shape index (κ2) is 8.61. The number of carbonyl (C=O) groups excluding carboxylic acids is 1. The summed E-state index contributed by atoms with van der Waals surface area (Å²) in [5, 5.41) is 5.23. The maximum atomic E-state index is 13.3. The number of rotatable bonds is 6. The molecule has 0 bridgehead atoms. The number of benzene rings is 2. The van der Waals surface area contributed by atoms with Crippen molar-refractivity contribution in [3.05, 3.63) is 70.6 Å². The summed E-state index contributed by atoms with van der Waals surface area (Å²) in [6.07, 6.45) is 1.42. The van der Waals surface area contributed by atoms with Crippen molar-refractivity contribution in [2.24, 2.45) is 0 Å². The van der Waals surface area contributed by atoms with Gasteiger partial charge >= 0.3 is 0 Å².